The van der Waals surface area contributed by atoms with Gasteiger partial charge in [0.25, 0.3) is 0 Å². The lowest BCUT2D eigenvalue weighted by molar-refractivity contribution is -0.143. The number of carbonyl (C=O) groups is 1. The molecule has 0 radical (unpaired) electrons. The summed E-state index contributed by atoms with van der Waals surface area (Å²) in [4.78, 5) is 16.0. The van der Waals surface area contributed by atoms with Crippen molar-refractivity contribution in [2.24, 2.45) is 7.05 Å². The van der Waals surface area contributed by atoms with E-state index < -0.39 is 6.04 Å². The molecular formula is C13H21N3O2. The van der Waals surface area contributed by atoms with E-state index in [0.717, 1.165) is 18.5 Å². The maximum atomic E-state index is 11.9. The predicted octanol–water partition coefficient (Wildman–Crippen LogP) is 1.56. The molecule has 1 unspecified atom stereocenters. The van der Waals surface area contributed by atoms with E-state index in [0.29, 0.717) is 6.04 Å². The Labute approximate surface area is 108 Å². The zero-order valence-electron chi connectivity index (χ0n) is 11.1. The van der Waals surface area contributed by atoms with Gasteiger partial charge in [-0.1, -0.05) is 19.3 Å². The highest BCUT2D eigenvalue weighted by Gasteiger charge is 2.27. The molecule has 1 fully saturated rings. The first kappa shape index (κ1) is 13.1. The third kappa shape index (κ3) is 2.90. The fourth-order valence-electron chi connectivity index (χ4n) is 2.54. The van der Waals surface area contributed by atoms with Crippen LogP contribution in [-0.2, 0) is 16.6 Å². The number of ether oxygens (including phenoxy) is 1. The van der Waals surface area contributed by atoms with Gasteiger partial charge in [-0.25, -0.2) is 9.78 Å². The average molecular weight is 251 g/mol. The molecule has 1 aromatic heterocycles. The van der Waals surface area contributed by atoms with Crippen LogP contribution in [0.5, 0.6) is 0 Å². The van der Waals surface area contributed by atoms with Crippen LogP contribution in [0.4, 0.5) is 0 Å². The molecule has 0 spiro atoms. The zero-order valence-corrected chi connectivity index (χ0v) is 11.1. The highest BCUT2D eigenvalue weighted by Crippen LogP contribution is 2.22. The SMILES string of the molecule is COC(=O)C(NC1CCCCC1)c1cncn1C. The van der Waals surface area contributed by atoms with Gasteiger partial charge in [-0.2, -0.15) is 0 Å². The van der Waals surface area contributed by atoms with Crippen LogP contribution in [0.2, 0.25) is 0 Å². The zero-order chi connectivity index (χ0) is 13.0. The van der Waals surface area contributed by atoms with Gasteiger partial charge in [-0.15, -0.1) is 0 Å². The molecule has 0 amide bonds. The first-order valence-corrected chi connectivity index (χ1v) is 6.52. The molecule has 1 atom stereocenters. The number of hydrogen-bond acceptors (Lipinski definition) is 4. The van der Waals surface area contributed by atoms with Crippen molar-refractivity contribution < 1.29 is 9.53 Å². The number of hydrogen-bond donors (Lipinski definition) is 1. The van der Waals surface area contributed by atoms with E-state index in [1.165, 1.54) is 26.4 Å². The van der Waals surface area contributed by atoms with Crippen molar-refractivity contribution in [3.63, 3.8) is 0 Å². The van der Waals surface area contributed by atoms with E-state index in [2.05, 4.69) is 10.3 Å². The minimum absolute atomic E-state index is 0.246. The molecule has 5 nitrogen and oxygen atoms in total. The maximum Gasteiger partial charge on any atom is 0.329 e. The molecule has 0 saturated heterocycles. The fourth-order valence-corrected chi connectivity index (χ4v) is 2.54. The summed E-state index contributed by atoms with van der Waals surface area (Å²) in [6.07, 6.45) is 9.45. The van der Waals surface area contributed by atoms with Crippen LogP contribution >= 0.6 is 0 Å². The second-order valence-corrected chi connectivity index (χ2v) is 4.89. The Bertz CT molecular complexity index is 397. The predicted molar refractivity (Wildman–Crippen MR) is 68.0 cm³/mol. The number of nitrogens with zero attached hydrogens (tertiary/aromatic N) is 2. The van der Waals surface area contributed by atoms with E-state index in [4.69, 9.17) is 4.74 Å². The van der Waals surface area contributed by atoms with Crippen molar-refractivity contribution >= 4 is 5.97 Å². The monoisotopic (exact) mass is 251 g/mol. The van der Waals surface area contributed by atoms with Crippen molar-refractivity contribution in [2.75, 3.05) is 7.11 Å². The van der Waals surface area contributed by atoms with Crippen LogP contribution in [0.3, 0.4) is 0 Å². The highest BCUT2D eigenvalue weighted by molar-refractivity contribution is 5.77. The summed E-state index contributed by atoms with van der Waals surface area (Å²) in [5.41, 5.74) is 0.854. The summed E-state index contributed by atoms with van der Waals surface area (Å²) in [5.74, 6) is -0.246. The first-order chi connectivity index (χ1) is 8.72. The standard InChI is InChI=1S/C13H21N3O2/c1-16-9-14-8-11(16)12(13(17)18-2)15-10-6-4-3-5-7-10/h8-10,12,15H,3-7H2,1-2H3. The number of nitrogens with one attached hydrogen (secondary N) is 1. The van der Waals surface area contributed by atoms with E-state index in [1.807, 2.05) is 11.6 Å². The highest BCUT2D eigenvalue weighted by atomic mass is 16.5. The lowest BCUT2D eigenvalue weighted by Gasteiger charge is -2.27. The molecule has 0 aliphatic heterocycles. The van der Waals surface area contributed by atoms with Crippen LogP contribution in [0.25, 0.3) is 0 Å². The van der Waals surface area contributed by atoms with Gasteiger partial charge in [0.05, 0.1) is 25.3 Å². The summed E-state index contributed by atoms with van der Waals surface area (Å²) in [7, 11) is 3.31. The Morgan fingerprint density at radius 1 is 1.50 bits per heavy atom. The summed E-state index contributed by atoms with van der Waals surface area (Å²) >= 11 is 0. The van der Waals surface area contributed by atoms with Crippen LogP contribution in [-0.4, -0.2) is 28.7 Å². The molecule has 100 valence electrons. The maximum absolute atomic E-state index is 11.9. The Morgan fingerprint density at radius 3 is 2.78 bits per heavy atom. The third-order valence-electron chi connectivity index (χ3n) is 3.59. The topological polar surface area (TPSA) is 56.1 Å². The number of aromatic nitrogens is 2. The minimum Gasteiger partial charge on any atom is -0.468 e. The normalized spacial score (nSPS) is 18.6. The minimum atomic E-state index is -0.411. The van der Waals surface area contributed by atoms with Crippen LogP contribution in [0.1, 0.15) is 43.8 Å². The van der Waals surface area contributed by atoms with E-state index in [1.54, 1.807) is 12.5 Å². The molecule has 1 aliphatic rings. The Morgan fingerprint density at radius 2 is 2.22 bits per heavy atom. The number of methoxy groups -OCH3 is 1. The molecule has 2 rings (SSSR count). The molecule has 5 heteroatoms. The van der Waals surface area contributed by atoms with Crippen molar-refractivity contribution in [3.05, 3.63) is 18.2 Å². The fraction of sp³-hybridized carbons (Fsp3) is 0.692. The smallest absolute Gasteiger partial charge is 0.329 e. The van der Waals surface area contributed by atoms with Gasteiger partial charge in [0.2, 0.25) is 0 Å². The molecule has 1 aliphatic carbocycles. The van der Waals surface area contributed by atoms with E-state index in [9.17, 15) is 4.79 Å². The molecule has 1 saturated carbocycles. The van der Waals surface area contributed by atoms with Crippen molar-refractivity contribution in [3.8, 4) is 0 Å². The van der Waals surface area contributed by atoms with Gasteiger partial charge < -0.3 is 9.30 Å². The van der Waals surface area contributed by atoms with E-state index in [-0.39, 0.29) is 5.97 Å². The molecule has 1 heterocycles. The molecule has 0 bridgehead atoms. The summed E-state index contributed by atoms with van der Waals surface area (Å²) in [6.45, 7) is 0. The summed E-state index contributed by atoms with van der Waals surface area (Å²) in [6, 6.07) is -0.0108. The van der Waals surface area contributed by atoms with Gasteiger partial charge in [-0.3, -0.25) is 5.32 Å². The number of imidazole rings is 1. The molecule has 1 aromatic rings. The van der Waals surface area contributed by atoms with Crippen molar-refractivity contribution in [1.29, 1.82) is 0 Å². The van der Waals surface area contributed by atoms with Gasteiger partial charge >= 0.3 is 5.97 Å². The molecule has 1 N–H and O–H groups in total. The number of rotatable bonds is 4. The largest absolute Gasteiger partial charge is 0.468 e. The van der Waals surface area contributed by atoms with Gasteiger partial charge in [0.15, 0.2) is 0 Å². The molecule has 0 aromatic carbocycles. The van der Waals surface area contributed by atoms with Crippen LogP contribution in [0, 0.1) is 0 Å². The van der Waals surface area contributed by atoms with Crippen molar-refractivity contribution in [2.45, 2.75) is 44.2 Å². The Balaban J connectivity index is 2.10. The second-order valence-electron chi connectivity index (χ2n) is 4.89. The number of esters is 1. The summed E-state index contributed by atoms with van der Waals surface area (Å²) in [5, 5.41) is 3.41. The summed E-state index contributed by atoms with van der Waals surface area (Å²) < 4.78 is 6.75. The molecular weight excluding hydrogens is 230 g/mol. The van der Waals surface area contributed by atoms with E-state index >= 15 is 0 Å². The third-order valence-corrected chi connectivity index (χ3v) is 3.59. The van der Waals surface area contributed by atoms with Gasteiger partial charge in [0.1, 0.15) is 6.04 Å². The number of carbonyl (C=O) groups excluding carboxylic acids is 1. The number of aryl methyl sites for hydroxylation is 1. The Hall–Kier alpha value is -1.36. The van der Waals surface area contributed by atoms with Crippen molar-refractivity contribution in [1.82, 2.24) is 14.9 Å². The second kappa shape index (κ2) is 6.00. The average Bonchev–Trinajstić information content (AvgIpc) is 2.82. The lowest BCUT2D eigenvalue weighted by Crippen LogP contribution is -2.39. The lowest BCUT2D eigenvalue weighted by atomic mass is 9.94. The van der Waals surface area contributed by atoms with Crippen LogP contribution in [0.15, 0.2) is 12.5 Å². The first-order valence-electron chi connectivity index (χ1n) is 6.52. The Kier molecular flexibility index (Phi) is 4.36. The quantitative estimate of drug-likeness (QED) is 0.825. The van der Waals surface area contributed by atoms with Crippen LogP contribution < -0.4 is 5.32 Å². The molecule has 18 heavy (non-hydrogen) atoms. The van der Waals surface area contributed by atoms with Gasteiger partial charge in [0, 0.05) is 13.1 Å². The van der Waals surface area contributed by atoms with Gasteiger partial charge in [-0.05, 0) is 12.8 Å².